The maximum Gasteiger partial charge on any atom is 0.242 e. The first-order valence-corrected chi connectivity index (χ1v) is 7.79. The zero-order valence-corrected chi connectivity index (χ0v) is 11.1. The molecule has 6 heteroatoms. The first-order valence-electron chi connectivity index (χ1n) is 5.97. The van der Waals surface area contributed by atoms with Crippen molar-refractivity contribution in [2.24, 2.45) is 0 Å². The van der Waals surface area contributed by atoms with Gasteiger partial charge in [0.1, 0.15) is 5.92 Å². The molecule has 1 aromatic rings. The first kappa shape index (κ1) is 13.6. The molecule has 2 unspecified atom stereocenters. The van der Waals surface area contributed by atoms with Gasteiger partial charge in [-0.15, -0.1) is 0 Å². The number of nitrogens with one attached hydrogen (secondary N) is 1. The molecule has 0 aliphatic carbocycles. The highest BCUT2D eigenvalue weighted by molar-refractivity contribution is 7.91. The second kappa shape index (κ2) is 5.41. The molecular weight excluding hydrogens is 264 g/mol. The van der Waals surface area contributed by atoms with Gasteiger partial charge in [-0.1, -0.05) is 30.3 Å². The highest BCUT2D eigenvalue weighted by Gasteiger charge is 2.31. The smallest absolute Gasteiger partial charge is 0.242 e. The third-order valence-electron chi connectivity index (χ3n) is 3.10. The molecule has 2 atom stereocenters. The number of amides is 1. The van der Waals surface area contributed by atoms with Gasteiger partial charge >= 0.3 is 0 Å². The predicted octanol–water partition coefficient (Wildman–Crippen LogP) is 0.597. The van der Waals surface area contributed by atoms with Crippen LogP contribution >= 0.6 is 0 Å². The minimum atomic E-state index is -3.04. The Bertz CT molecular complexity index is 605. The van der Waals surface area contributed by atoms with E-state index in [1.54, 1.807) is 30.3 Å². The molecule has 1 aliphatic heterocycles. The van der Waals surface area contributed by atoms with Crippen LogP contribution in [0.25, 0.3) is 0 Å². The van der Waals surface area contributed by atoms with Crippen molar-refractivity contribution in [3.8, 4) is 6.07 Å². The maximum atomic E-state index is 12.0. The zero-order valence-electron chi connectivity index (χ0n) is 10.2. The van der Waals surface area contributed by atoms with Gasteiger partial charge in [-0.05, 0) is 12.0 Å². The summed E-state index contributed by atoms with van der Waals surface area (Å²) in [6, 6.07) is 10.3. The third-order valence-corrected chi connectivity index (χ3v) is 4.87. The van der Waals surface area contributed by atoms with Crippen LogP contribution in [0, 0.1) is 11.3 Å². The highest BCUT2D eigenvalue weighted by Crippen LogP contribution is 2.17. The van der Waals surface area contributed by atoms with Gasteiger partial charge < -0.3 is 5.32 Å². The molecule has 5 nitrogen and oxygen atoms in total. The number of carbonyl (C=O) groups excluding carboxylic acids is 1. The summed E-state index contributed by atoms with van der Waals surface area (Å²) in [4.78, 5) is 12.0. The number of nitriles is 1. The molecule has 1 N–H and O–H groups in total. The largest absolute Gasteiger partial charge is 0.351 e. The van der Waals surface area contributed by atoms with E-state index in [4.69, 9.17) is 5.26 Å². The topological polar surface area (TPSA) is 87.0 Å². The summed E-state index contributed by atoms with van der Waals surface area (Å²) in [6.45, 7) is 0. The Hall–Kier alpha value is -1.87. The van der Waals surface area contributed by atoms with Gasteiger partial charge in [-0.2, -0.15) is 5.26 Å². The van der Waals surface area contributed by atoms with E-state index in [0.29, 0.717) is 12.0 Å². The van der Waals surface area contributed by atoms with Crippen molar-refractivity contribution in [3.05, 3.63) is 35.9 Å². The van der Waals surface area contributed by atoms with Crippen LogP contribution in [-0.4, -0.2) is 31.9 Å². The van der Waals surface area contributed by atoms with E-state index in [0.717, 1.165) is 0 Å². The minimum absolute atomic E-state index is 0.0360. The van der Waals surface area contributed by atoms with Crippen LogP contribution in [0.1, 0.15) is 17.9 Å². The lowest BCUT2D eigenvalue weighted by atomic mass is 9.99. The van der Waals surface area contributed by atoms with E-state index < -0.39 is 21.7 Å². The summed E-state index contributed by atoms with van der Waals surface area (Å²) in [5.74, 6) is -1.27. The maximum absolute atomic E-state index is 12.0. The molecule has 1 heterocycles. The lowest BCUT2D eigenvalue weighted by Gasteiger charge is -2.14. The Kier molecular flexibility index (Phi) is 3.86. The molecule has 0 saturated carbocycles. The van der Waals surface area contributed by atoms with E-state index in [-0.39, 0.29) is 17.5 Å². The molecule has 100 valence electrons. The number of hydrogen-bond acceptors (Lipinski definition) is 4. The van der Waals surface area contributed by atoms with Crippen LogP contribution in [0.4, 0.5) is 0 Å². The molecule has 19 heavy (non-hydrogen) atoms. The molecule has 1 fully saturated rings. The van der Waals surface area contributed by atoms with Gasteiger partial charge in [-0.25, -0.2) is 8.42 Å². The molecule has 1 saturated heterocycles. The van der Waals surface area contributed by atoms with Gasteiger partial charge in [0.25, 0.3) is 0 Å². The van der Waals surface area contributed by atoms with E-state index in [1.165, 1.54) is 0 Å². The molecule has 0 radical (unpaired) electrons. The van der Waals surface area contributed by atoms with E-state index in [1.807, 2.05) is 6.07 Å². The van der Waals surface area contributed by atoms with Crippen LogP contribution < -0.4 is 5.32 Å². The van der Waals surface area contributed by atoms with Crippen LogP contribution in [0.5, 0.6) is 0 Å². The molecule has 1 aliphatic rings. The average Bonchev–Trinajstić information content (AvgIpc) is 2.71. The normalized spacial score (nSPS) is 22.4. The average molecular weight is 278 g/mol. The van der Waals surface area contributed by atoms with Crippen molar-refractivity contribution in [1.82, 2.24) is 5.32 Å². The Morgan fingerprint density at radius 2 is 2.05 bits per heavy atom. The fourth-order valence-electron chi connectivity index (χ4n) is 2.12. The van der Waals surface area contributed by atoms with E-state index in [9.17, 15) is 13.2 Å². The van der Waals surface area contributed by atoms with Crippen molar-refractivity contribution in [1.29, 1.82) is 5.26 Å². The SMILES string of the molecule is N#CC(C(=O)NC1CCS(=O)(=O)C1)c1ccccc1. The summed E-state index contributed by atoms with van der Waals surface area (Å²) < 4.78 is 22.6. The molecule has 1 amide bonds. The molecular formula is C13H14N2O3S. The van der Waals surface area contributed by atoms with Gasteiger partial charge in [-0.3, -0.25) is 4.79 Å². The van der Waals surface area contributed by atoms with Crippen LogP contribution in [-0.2, 0) is 14.6 Å². The number of benzene rings is 1. The highest BCUT2D eigenvalue weighted by atomic mass is 32.2. The van der Waals surface area contributed by atoms with Crippen molar-refractivity contribution >= 4 is 15.7 Å². The monoisotopic (exact) mass is 278 g/mol. The summed E-state index contributed by atoms with van der Waals surface area (Å²) >= 11 is 0. The summed E-state index contributed by atoms with van der Waals surface area (Å²) in [7, 11) is -3.04. The summed E-state index contributed by atoms with van der Waals surface area (Å²) in [5, 5.41) is 11.7. The second-order valence-corrected chi connectivity index (χ2v) is 6.81. The second-order valence-electron chi connectivity index (χ2n) is 4.58. The van der Waals surface area contributed by atoms with Crippen LogP contribution in [0.3, 0.4) is 0 Å². The standard InChI is InChI=1S/C13H14N2O3S/c14-8-12(10-4-2-1-3-5-10)13(16)15-11-6-7-19(17,18)9-11/h1-5,11-12H,6-7,9H2,(H,15,16). The van der Waals surface area contributed by atoms with E-state index in [2.05, 4.69) is 5.32 Å². The van der Waals surface area contributed by atoms with Crippen molar-refractivity contribution in [2.45, 2.75) is 18.4 Å². The third kappa shape index (κ3) is 3.32. The Morgan fingerprint density at radius 1 is 1.37 bits per heavy atom. The van der Waals surface area contributed by atoms with Gasteiger partial charge in [0, 0.05) is 6.04 Å². The van der Waals surface area contributed by atoms with Crippen LogP contribution in [0.15, 0.2) is 30.3 Å². The van der Waals surface area contributed by atoms with Gasteiger partial charge in [0.15, 0.2) is 9.84 Å². The Labute approximate surface area is 112 Å². The number of nitrogens with zero attached hydrogens (tertiary/aromatic N) is 1. The lowest BCUT2D eigenvalue weighted by molar-refractivity contribution is -0.121. The number of sulfone groups is 1. The summed E-state index contributed by atoms with van der Waals surface area (Å²) in [6.07, 6.45) is 0.418. The molecule has 0 spiro atoms. The molecule has 0 bridgehead atoms. The van der Waals surface area contributed by atoms with Crippen molar-refractivity contribution in [2.75, 3.05) is 11.5 Å². The fraction of sp³-hybridized carbons (Fsp3) is 0.385. The molecule has 0 aromatic heterocycles. The van der Waals surface area contributed by atoms with Crippen LogP contribution in [0.2, 0.25) is 0 Å². The molecule has 1 aromatic carbocycles. The Morgan fingerprint density at radius 3 is 2.58 bits per heavy atom. The summed E-state index contributed by atoms with van der Waals surface area (Å²) in [5.41, 5.74) is 0.614. The lowest BCUT2D eigenvalue weighted by Crippen LogP contribution is -2.38. The fourth-order valence-corrected chi connectivity index (χ4v) is 3.80. The first-order chi connectivity index (χ1) is 9.02. The van der Waals surface area contributed by atoms with Crippen molar-refractivity contribution in [3.63, 3.8) is 0 Å². The number of rotatable bonds is 3. The van der Waals surface area contributed by atoms with Crippen molar-refractivity contribution < 1.29 is 13.2 Å². The van der Waals surface area contributed by atoms with Gasteiger partial charge in [0.2, 0.25) is 5.91 Å². The number of carbonyl (C=O) groups is 1. The Balaban J connectivity index is 2.05. The predicted molar refractivity (Wildman–Crippen MR) is 70.0 cm³/mol. The van der Waals surface area contributed by atoms with E-state index >= 15 is 0 Å². The number of hydrogen-bond donors (Lipinski definition) is 1. The zero-order chi connectivity index (χ0) is 13.9. The minimum Gasteiger partial charge on any atom is -0.351 e. The quantitative estimate of drug-likeness (QED) is 0.877. The van der Waals surface area contributed by atoms with Gasteiger partial charge in [0.05, 0.1) is 17.6 Å². The molecule has 2 rings (SSSR count).